The van der Waals surface area contributed by atoms with Crippen LogP contribution in [0.4, 0.5) is 0 Å². The minimum Gasteiger partial charge on any atom is -0.465 e. The molecule has 0 atom stereocenters. The molecule has 1 fully saturated rings. The summed E-state index contributed by atoms with van der Waals surface area (Å²) in [7, 11) is -2.19. The molecule has 1 saturated heterocycles. The van der Waals surface area contributed by atoms with E-state index in [0.717, 1.165) is 24.4 Å². The van der Waals surface area contributed by atoms with Crippen LogP contribution >= 0.6 is 11.3 Å². The zero-order valence-electron chi connectivity index (χ0n) is 9.96. The van der Waals surface area contributed by atoms with Gasteiger partial charge in [0.25, 0.3) is 10.0 Å². The van der Waals surface area contributed by atoms with Crippen molar-refractivity contribution in [1.82, 2.24) is 4.31 Å². The quantitative estimate of drug-likeness (QED) is 0.732. The molecule has 0 aliphatic carbocycles. The van der Waals surface area contributed by atoms with Crippen molar-refractivity contribution in [2.75, 3.05) is 33.3 Å². The number of esters is 1. The molecule has 1 aliphatic heterocycles. The Morgan fingerprint density at radius 1 is 1.44 bits per heavy atom. The minimum absolute atomic E-state index is 0.199. The highest BCUT2D eigenvalue weighted by atomic mass is 32.2. The highest BCUT2D eigenvalue weighted by Crippen LogP contribution is 2.24. The predicted molar refractivity (Wildman–Crippen MR) is 66.1 cm³/mol. The van der Waals surface area contributed by atoms with Gasteiger partial charge in [-0.2, -0.15) is 4.31 Å². The van der Waals surface area contributed by atoms with Gasteiger partial charge in [0.2, 0.25) is 0 Å². The number of quaternary nitrogens is 1. The molecule has 0 radical (unpaired) electrons. The summed E-state index contributed by atoms with van der Waals surface area (Å²) >= 11 is 1.05. The molecular weight excluding hydrogens is 276 g/mol. The molecule has 2 rings (SSSR count). The molecule has 0 amide bonds. The van der Waals surface area contributed by atoms with E-state index in [1.165, 1.54) is 22.9 Å². The number of nitrogens with zero attached hydrogens (tertiary/aromatic N) is 1. The van der Waals surface area contributed by atoms with E-state index in [9.17, 15) is 13.2 Å². The fourth-order valence-corrected chi connectivity index (χ4v) is 4.54. The van der Waals surface area contributed by atoms with Gasteiger partial charge in [-0.05, 0) is 6.07 Å². The highest BCUT2D eigenvalue weighted by Gasteiger charge is 2.29. The van der Waals surface area contributed by atoms with Crippen LogP contribution in [0.25, 0.3) is 0 Å². The molecule has 18 heavy (non-hydrogen) atoms. The maximum atomic E-state index is 12.3. The molecule has 2 heterocycles. The van der Waals surface area contributed by atoms with Crippen LogP contribution in [-0.2, 0) is 14.8 Å². The van der Waals surface area contributed by atoms with E-state index in [4.69, 9.17) is 0 Å². The Kier molecular flexibility index (Phi) is 4.00. The third-order valence-electron chi connectivity index (χ3n) is 2.76. The van der Waals surface area contributed by atoms with Gasteiger partial charge in [-0.1, -0.05) is 0 Å². The average Bonchev–Trinajstić information content (AvgIpc) is 2.89. The number of rotatable bonds is 3. The molecule has 1 aromatic rings. The third-order valence-corrected chi connectivity index (χ3v) is 6.07. The number of thiophene rings is 1. The standard InChI is InChI=1S/C10H14N2O4S2/c1-16-10(13)8-6-9(17-7-8)18(14,15)12-4-2-11-3-5-12/h6-7,11H,2-5H2,1H3/p+1. The number of nitrogens with two attached hydrogens (primary N) is 1. The number of hydrogen-bond donors (Lipinski definition) is 1. The lowest BCUT2D eigenvalue weighted by Crippen LogP contribution is -2.89. The van der Waals surface area contributed by atoms with Crippen molar-refractivity contribution in [2.45, 2.75) is 4.21 Å². The summed E-state index contributed by atoms with van der Waals surface area (Å²) < 4.78 is 30.8. The molecule has 0 unspecified atom stereocenters. The van der Waals surface area contributed by atoms with Gasteiger partial charge in [0.05, 0.1) is 38.9 Å². The average molecular weight is 291 g/mol. The Morgan fingerprint density at radius 3 is 2.72 bits per heavy atom. The Bertz CT molecular complexity index is 532. The summed E-state index contributed by atoms with van der Waals surface area (Å²) in [5.74, 6) is -0.514. The zero-order chi connectivity index (χ0) is 13.2. The first kappa shape index (κ1) is 13.5. The number of methoxy groups -OCH3 is 1. The molecule has 1 aliphatic rings. The number of ether oxygens (including phenoxy) is 1. The van der Waals surface area contributed by atoms with Crippen molar-refractivity contribution in [3.05, 3.63) is 17.0 Å². The van der Waals surface area contributed by atoms with Crippen LogP contribution in [0.3, 0.4) is 0 Å². The first-order chi connectivity index (χ1) is 8.55. The summed E-state index contributed by atoms with van der Waals surface area (Å²) in [6, 6.07) is 1.38. The monoisotopic (exact) mass is 291 g/mol. The van der Waals surface area contributed by atoms with E-state index >= 15 is 0 Å². The summed E-state index contributed by atoms with van der Waals surface area (Å²) in [6.07, 6.45) is 0. The number of carbonyl (C=O) groups excluding carboxylic acids is 1. The van der Waals surface area contributed by atoms with E-state index in [-0.39, 0.29) is 9.77 Å². The zero-order valence-corrected chi connectivity index (χ0v) is 11.6. The highest BCUT2D eigenvalue weighted by molar-refractivity contribution is 7.91. The van der Waals surface area contributed by atoms with Crippen LogP contribution in [0.2, 0.25) is 0 Å². The van der Waals surface area contributed by atoms with E-state index in [1.54, 1.807) is 0 Å². The Hall–Kier alpha value is -0.960. The Morgan fingerprint density at radius 2 is 2.11 bits per heavy atom. The number of hydrogen-bond acceptors (Lipinski definition) is 5. The van der Waals surface area contributed by atoms with Crippen molar-refractivity contribution >= 4 is 27.3 Å². The lowest BCUT2D eigenvalue weighted by Gasteiger charge is -2.23. The molecular formula is C10H15N2O4S2+. The SMILES string of the molecule is COC(=O)c1csc(S(=O)(=O)N2CC[NH2+]CC2)c1. The summed E-state index contributed by atoms with van der Waals surface area (Å²) in [5.41, 5.74) is 0.282. The molecule has 0 aromatic carbocycles. The van der Waals surface area contributed by atoms with Gasteiger partial charge in [-0.3, -0.25) is 0 Å². The van der Waals surface area contributed by atoms with Crippen LogP contribution in [0.1, 0.15) is 10.4 Å². The van der Waals surface area contributed by atoms with Crippen LogP contribution in [-0.4, -0.2) is 52.0 Å². The molecule has 1 aromatic heterocycles. The summed E-state index contributed by atoms with van der Waals surface area (Å²) in [4.78, 5) is 11.3. The number of carbonyl (C=O) groups is 1. The van der Waals surface area contributed by atoms with Crippen LogP contribution < -0.4 is 5.32 Å². The Balaban J connectivity index is 2.24. The van der Waals surface area contributed by atoms with Crippen molar-refractivity contribution in [3.8, 4) is 0 Å². The lowest BCUT2D eigenvalue weighted by atomic mass is 10.3. The smallest absolute Gasteiger partial charge is 0.338 e. The summed E-state index contributed by atoms with van der Waals surface area (Å²) in [5, 5.41) is 3.59. The second-order valence-electron chi connectivity index (χ2n) is 3.92. The van der Waals surface area contributed by atoms with Crippen LogP contribution in [0.5, 0.6) is 0 Å². The van der Waals surface area contributed by atoms with E-state index in [2.05, 4.69) is 10.1 Å². The molecule has 100 valence electrons. The van der Waals surface area contributed by atoms with Crippen molar-refractivity contribution < 1.29 is 23.3 Å². The lowest BCUT2D eigenvalue weighted by molar-refractivity contribution is -0.661. The molecule has 8 heteroatoms. The normalized spacial score (nSPS) is 17.6. The fraction of sp³-hybridized carbons (Fsp3) is 0.500. The second kappa shape index (κ2) is 5.35. The number of sulfonamides is 1. The van der Waals surface area contributed by atoms with Gasteiger partial charge >= 0.3 is 5.97 Å². The molecule has 6 nitrogen and oxygen atoms in total. The fourth-order valence-electron chi connectivity index (χ4n) is 1.77. The second-order valence-corrected chi connectivity index (χ2v) is 6.99. The van der Waals surface area contributed by atoms with Gasteiger partial charge in [0, 0.05) is 5.38 Å². The minimum atomic E-state index is -3.46. The van der Waals surface area contributed by atoms with Gasteiger partial charge in [0.1, 0.15) is 4.21 Å². The molecule has 0 saturated carbocycles. The largest absolute Gasteiger partial charge is 0.465 e. The van der Waals surface area contributed by atoms with E-state index in [0.29, 0.717) is 13.1 Å². The number of piperazine rings is 1. The maximum absolute atomic E-state index is 12.3. The summed E-state index contributed by atoms with van der Waals surface area (Å²) in [6.45, 7) is 2.56. The van der Waals surface area contributed by atoms with Gasteiger partial charge in [0.15, 0.2) is 0 Å². The van der Waals surface area contributed by atoms with E-state index < -0.39 is 16.0 Å². The van der Waals surface area contributed by atoms with E-state index in [1.807, 2.05) is 0 Å². The van der Waals surface area contributed by atoms with Crippen LogP contribution in [0, 0.1) is 0 Å². The van der Waals surface area contributed by atoms with Crippen LogP contribution in [0.15, 0.2) is 15.7 Å². The van der Waals surface area contributed by atoms with Gasteiger partial charge in [-0.25, -0.2) is 13.2 Å². The van der Waals surface area contributed by atoms with Gasteiger partial charge in [-0.15, -0.1) is 11.3 Å². The molecule has 0 spiro atoms. The molecule has 0 bridgehead atoms. The van der Waals surface area contributed by atoms with Gasteiger partial charge < -0.3 is 10.1 Å². The van der Waals surface area contributed by atoms with Crippen molar-refractivity contribution in [2.24, 2.45) is 0 Å². The predicted octanol–water partition coefficient (Wildman–Crippen LogP) is -0.898. The first-order valence-corrected chi connectivity index (χ1v) is 7.86. The molecule has 2 N–H and O–H groups in total. The topological polar surface area (TPSA) is 80.3 Å². The van der Waals surface area contributed by atoms with Crippen molar-refractivity contribution in [1.29, 1.82) is 0 Å². The first-order valence-electron chi connectivity index (χ1n) is 5.54. The Labute approximate surface area is 110 Å². The maximum Gasteiger partial charge on any atom is 0.338 e. The third kappa shape index (κ3) is 2.56. The van der Waals surface area contributed by atoms with Crippen molar-refractivity contribution in [3.63, 3.8) is 0 Å².